The fourth-order valence-electron chi connectivity index (χ4n) is 3.82. The largest absolute Gasteiger partial charge is 0.350 e. The Hall–Kier alpha value is -0.800. The molecule has 0 amide bonds. The Morgan fingerprint density at radius 2 is 1.85 bits per heavy atom. The van der Waals surface area contributed by atoms with E-state index >= 15 is 0 Å². The second-order valence-electron chi connectivity index (χ2n) is 5.83. The highest BCUT2D eigenvalue weighted by molar-refractivity contribution is 9.10. The Bertz CT molecular complexity index is 646. The fourth-order valence-corrected chi connectivity index (χ4v) is 4.73. The quantitative estimate of drug-likeness (QED) is 0.690. The third kappa shape index (κ3) is 1.94. The number of anilines is 1. The van der Waals surface area contributed by atoms with Crippen molar-refractivity contribution < 1.29 is 0 Å². The number of nitrogens with zero attached hydrogens (tertiary/aromatic N) is 2. The lowest BCUT2D eigenvalue weighted by Crippen LogP contribution is -2.44. The van der Waals surface area contributed by atoms with E-state index in [1.54, 1.807) is 0 Å². The molecule has 2 aliphatic heterocycles. The van der Waals surface area contributed by atoms with Crippen LogP contribution in [0.3, 0.4) is 0 Å². The average Bonchev–Trinajstić information content (AvgIpc) is 2.71. The summed E-state index contributed by atoms with van der Waals surface area (Å²) in [6, 6.07) is 9.56. The van der Waals surface area contributed by atoms with Crippen molar-refractivity contribution in [2.45, 2.75) is 43.1 Å². The summed E-state index contributed by atoms with van der Waals surface area (Å²) in [5.41, 5.74) is 0. The van der Waals surface area contributed by atoms with E-state index in [-0.39, 0.29) is 0 Å². The number of halogens is 2. The molecule has 0 spiro atoms. The summed E-state index contributed by atoms with van der Waals surface area (Å²) in [7, 11) is 0. The van der Waals surface area contributed by atoms with E-state index in [0.717, 1.165) is 23.1 Å². The summed E-state index contributed by atoms with van der Waals surface area (Å²) in [5, 5.41) is 2.82. The first kappa shape index (κ1) is 12.9. The molecule has 2 aliphatic rings. The van der Waals surface area contributed by atoms with Gasteiger partial charge in [0.1, 0.15) is 5.82 Å². The van der Waals surface area contributed by atoms with Gasteiger partial charge < -0.3 is 4.90 Å². The molecular formula is C16H16BrClN2. The van der Waals surface area contributed by atoms with Crippen LogP contribution in [0.4, 0.5) is 5.82 Å². The minimum absolute atomic E-state index is 0.338. The Kier molecular flexibility index (Phi) is 3.15. The van der Waals surface area contributed by atoms with Crippen LogP contribution in [0.5, 0.6) is 0 Å². The third-order valence-corrected chi connectivity index (χ3v) is 5.70. The predicted octanol–water partition coefficient (Wildman–Crippen LogP) is 4.74. The first-order valence-electron chi connectivity index (χ1n) is 7.19. The Morgan fingerprint density at radius 3 is 2.60 bits per heavy atom. The summed E-state index contributed by atoms with van der Waals surface area (Å²) in [4.78, 5) is 7.23. The van der Waals surface area contributed by atoms with Gasteiger partial charge in [-0.25, -0.2) is 4.98 Å². The van der Waals surface area contributed by atoms with Crippen LogP contribution in [0.25, 0.3) is 10.8 Å². The summed E-state index contributed by atoms with van der Waals surface area (Å²) in [6.07, 6.45) is 6.60. The van der Waals surface area contributed by atoms with Gasteiger partial charge in [-0.2, -0.15) is 0 Å². The highest BCUT2D eigenvalue weighted by Crippen LogP contribution is 2.42. The first-order valence-corrected chi connectivity index (χ1v) is 8.42. The van der Waals surface area contributed by atoms with E-state index in [1.807, 2.05) is 6.20 Å². The maximum Gasteiger partial charge on any atom is 0.136 e. The number of hydrogen-bond donors (Lipinski definition) is 0. The maximum absolute atomic E-state index is 6.39. The summed E-state index contributed by atoms with van der Waals surface area (Å²) in [5.74, 6) is 1.14. The van der Waals surface area contributed by atoms with Gasteiger partial charge in [-0.1, -0.05) is 28.1 Å². The Labute approximate surface area is 132 Å². The Balaban J connectivity index is 1.85. The van der Waals surface area contributed by atoms with Gasteiger partial charge in [-0.3, -0.25) is 0 Å². The van der Waals surface area contributed by atoms with Crippen LogP contribution < -0.4 is 4.90 Å². The smallest absolute Gasteiger partial charge is 0.136 e. The number of aromatic nitrogens is 1. The standard InChI is InChI=1S/C16H16BrClN2/c17-15-3-1-2-14-13(15)6-7-19-16(14)20-11-4-5-12(20)9-10(18)8-11/h1-3,6-7,10-12H,4-5,8-9H2. The zero-order valence-electron chi connectivity index (χ0n) is 11.1. The molecule has 2 unspecified atom stereocenters. The monoisotopic (exact) mass is 350 g/mol. The van der Waals surface area contributed by atoms with Gasteiger partial charge in [0.2, 0.25) is 0 Å². The number of pyridine rings is 1. The van der Waals surface area contributed by atoms with Crippen LogP contribution in [-0.2, 0) is 0 Å². The number of alkyl halides is 1. The molecule has 2 fully saturated rings. The molecule has 2 saturated heterocycles. The lowest BCUT2D eigenvalue weighted by atomic mass is 10.0. The van der Waals surface area contributed by atoms with Crippen molar-refractivity contribution in [3.05, 3.63) is 34.9 Å². The van der Waals surface area contributed by atoms with Crippen LogP contribution in [-0.4, -0.2) is 22.4 Å². The van der Waals surface area contributed by atoms with E-state index < -0.39 is 0 Å². The van der Waals surface area contributed by atoms with Gasteiger partial charge in [0.25, 0.3) is 0 Å². The van der Waals surface area contributed by atoms with Crippen LogP contribution in [0, 0.1) is 0 Å². The van der Waals surface area contributed by atoms with Gasteiger partial charge in [0.05, 0.1) is 0 Å². The normalized spacial score (nSPS) is 29.1. The van der Waals surface area contributed by atoms with Gasteiger partial charge >= 0.3 is 0 Å². The van der Waals surface area contributed by atoms with E-state index in [0.29, 0.717) is 17.5 Å². The van der Waals surface area contributed by atoms with Crippen molar-refractivity contribution >= 4 is 44.1 Å². The molecule has 0 aliphatic carbocycles. The van der Waals surface area contributed by atoms with E-state index in [1.165, 1.54) is 23.6 Å². The van der Waals surface area contributed by atoms with Crippen molar-refractivity contribution in [2.24, 2.45) is 0 Å². The van der Waals surface area contributed by atoms with Crippen LogP contribution >= 0.6 is 27.5 Å². The first-order chi connectivity index (χ1) is 9.74. The van der Waals surface area contributed by atoms with Crippen molar-refractivity contribution in [3.8, 4) is 0 Å². The van der Waals surface area contributed by atoms with E-state index in [2.05, 4.69) is 45.1 Å². The van der Waals surface area contributed by atoms with Crippen LogP contribution in [0.2, 0.25) is 0 Å². The second kappa shape index (κ2) is 4.88. The molecule has 3 heterocycles. The predicted molar refractivity (Wildman–Crippen MR) is 87.6 cm³/mol. The molecule has 2 bridgehead atoms. The molecule has 2 aromatic rings. The van der Waals surface area contributed by atoms with E-state index in [9.17, 15) is 0 Å². The van der Waals surface area contributed by atoms with Crippen molar-refractivity contribution in [1.82, 2.24) is 4.98 Å². The van der Waals surface area contributed by atoms with Crippen molar-refractivity contribution in [2.75, 3.05) is 4.90 Å². The highest BCUT2D eigenvalue weighted by Gasteiger charge is 2.41. The van der Waals surface area contributed by atoms with Gasteiger partial charge in [0.15, 0.2) is 0 Å². The minimum atomic E-state index is 0.338. The summed E-state index contributed by atoms with van der Waals surface area (Å²) in [6.45, 7) is 0. The fraction of sp³-hybridized carbons (Fsp3) is 0.438. The van der Waals surface area contributed by atoms with Gasteiger partial charge in [-0.05, 0) is 37.8 Å². The van der Waals surface area contributed by atoms with Gasteiger partial charge in [0, 0.05) is 38.9 Å². The zero-order chi connectivity index (χ0) is 13.7. The lowest BCUT2D eigenvalue weighted by molar-refractivity contribution is 0.472. The number of hydrogen-bond acceptors (Lipinski definition) is 2. The molecule has 2 nitrogen and oxygen atoms in total. The minimum Gasteiger partial charge on any atom is -0.350 e. The third-order valence-electron chi connectivity index (χ3n) is 4.65. The molecule has 4 heteroatoms. The molecule has 1 aromatic carbocycles. The van der Waals surface area contributed by atoms with Crippen molar-refractivity contribution in [1.29, 1.82) is 0 Å². The topological polar surface area (TPSA) is 16.1 Å². The van der Waals surface area contributed by atoms with E-state index in [4.69, 9.17) is 16.6 Å². The molecule has 20 heavy (non-hydrogen) atoms. The number of piperidine rings is 1. The number of rotatable bonds is 1. The van der Waals surface area contributed by atoms with Gasteiger partial charge in [-0.15, -0.1) is 11.6 Å². The molecule has 104 valence electrons. The molecule has 0 radical (unpaired) electrons. The van der Waals surface area contributed by atoms with Crippen LogP contribution in [0.15, 0.2) is 34.9 Å². The van der Waals surface area contributed by atoms with Crippen molar-refractivity contribution in [3.63, 3.8) is 0 Å². The zero-order valence-corrected chi connectivity index (χ0v) is 13.4. The molecular weight excluding hydrogens is 336 g/mol. The molecule has 2 atom stereocenters. The molecule has 0 saturated carbocycles. The average molecular weight is 352 g/mol. The summed E-state index contributed by atoms with van der Waals surface area (Å²) >= 11 is 10.0. The lowest BCUT2D eigenvalue weighted by Gasteiger charge is -2.38. The Morgan fingerprint density at radius 1 is 1.10 bits per heavy atom. The number of benzene rings is 1. The van der Waals surface area contributed by atoms with Crippen LogP contribution in [0.1, 0.15) is 25.7 Å². The maximum atomic E-state index is 6.39. The highest BCUT2D eigenvalue weighted by atomic mass is 79.9. The second-order valence-corrected chi connectivity index (χ2v) is 7.30. The molecule has 0 N–H and O–H groups in total. The SMILES string of the molecule is ClC1CC2CCC(C1)N2c1nccc2c(Br)cccc12. The number of fused-ring (bicyclic) bond motifs is 3. The molecule has 4 rings (SSSR count). The molecule has 1 aromatic heterocycles. The summed E-state index contributed by atoms with van der Waals surface area (Å²) < 4.78 is 1.14.